The number of hydrogen-bond acceptors (Lipinski definition) is 7. The molecule has 0 saturated carbocycles. The van der Waals surface area contributed by atoms with Crippen LogP contribution in [-0.2, 0) is 5.75 Å². The van der Waals surface area contributed by atoms with Gasteiger partial charge in [-0.1, -0.05) is 0 Å². The number of hydrazine groups is 1. The van der Waals surface area contributed by atoms with Gasteiger partial charge in [0.25, 0.3) is 5.69 Å². The number of rotatable bonds is 5. The lowest BCUT2D eigenvalue weighted by Gasteiger charge is -2.08. The van der Waals surface area contributed by atoms with E-state index in [1.54, 1.807) is 24.7 Å². The molecule has 98 valence electrons. The summed E-state index contributed by atoms with van der Waals surface area (Å²) in [6, 6.07) is 4.49. The third-order valence-corrected chi connectivity index (χ3v) is 3.33. The molecular formula is C11H11N5O2S. The molecule has 0 bridgehead atoms. The maximum Gasteiger partial charge on any atom is 0.269 e. The van der Waals surface area contributed by atoms with E-state index in [1.165, 1.54) is 23.9 Å². The second kappa shape index (κ2) is 6.12. The average Bonchev–Trinajstić information content (AvgIpc) is 2.45. The van der Waals surface area contributed by atoms with E-state index in [2.05, 4.69) is 15.4 Å². The summed E-state index contributed by atoms with van der Waals surface area (Å²) in [4.78, 5) is 18.4. The fraction of sp³-hybridized carbons (Fsp3) is 0.0909. The summed E-state index contributed by atoms with van der Waals surface area (Å²) in [6.45, 7) is 0. The Labute approximate surface area is 113 Å². The van der Waals surface area contributed by atoms with Crippen LogP contribution >= 0.6 is 11.8 Å². The Bertz CT molecular complexity index is 579. The molecule has 1 aromatic carbocycles. The fourth-order valence-corrected chi connectivity index (χ4v) is 2.28. The third kappa shape index (κ3) is 3.39. The molecule has 0 radical (unpaired) electrons. The highest BCUT2D eigenvalue weighted by atomic mass is 32.2. The predicted octanol–water partition coefficient (Wildman–Crippen LogP) is 1.96. The number of nitrogen functional groups attached to an aromatic ring is 1. The van der Waals surface area contributed by atoms with Gasteiger partial charge >= 0.3 is 0 Å². The number of thioether (sulfide) groups is 1. The number of nitrogens with one attached hydrogen (secondary N) is 1. The minimum absolute atomic E-state index is 0.0359. The minimum Gasteiger partial charge on any atom is -0.324 e. The molecule has 3 N–H and O–H groups in total. The molecule has 0 aliphatic carbocycles. The second-order valence-electron chi connectivity index (χ2n) is 3.58. The topological polar surface area (TPSA) is 107 Å². The first-order valence-electron chi connectivity index (χ1n) is 5.33. The number of non-ortho nitro benzene ring substituents is 1. The summed E-state index contributed by atoms with van der Waals surface area (Å²) < 4.78 is 0. The van der Waals surface area contributed by atoms with Crippen LogP contribution in [0, 0.1) is 10.1 Å². The van der Waals surface area contributed by atoms with Crippen molar-refractivity contribution in [2.24, 2.45) is 5.84 Å². The van der Waals surface area contributed by atoms with E-state index in [0.717, 1.165) is 10.6 Å². The van der Waals surface area contributed by atoms with E-state index in [9.17, 15) is 10.1 Å². The SMILES string of the molecule is NNc1ccc([N+](=O)[O-])cc1CSc1cnccn1. The standard InChI is InChI=1S/C11H11N5O2S/c12-15-10-2-1-9(16(17)18)5-8(10)7-19-11-6-13-3-4-14-11/h1-6,15H,7,12H2. The number of hydrogen-bond donors (Lipinski definition) is 2. The van der Waals surface area contributed by atoms with Crippen molar-refractivity contribution < 1.29 is 4.92 Å². The lowest BCUT2D eigenvalue weighted by molar-refractivity contribution is -0.384. The molecule has 0 atom stereocenters. The molecular weight excluding hydrogens is 266 g/mol. The number of nitrogens with two attached hydrogens (primary N) is 1. The van der Waals surface area contributed by atoms with Crippen LogP contribution < -0.4 is 11.3 Å². The van der Waals surface area contributed by atoms with Crippen molar-refractivity contribution >= 4 is 23.1 Å². The third-order valence-electron chi connectivity index (χ3n) is 2.37. The van der Waals surface area contributed by atoms with Crippen LogP contribution in [0.25, 0.3) is 0 Å². The number of nitro benzene ring substituents is 1. The first-order valence-corrected chi connectivity index (χ1v) is 6.32. The van der Waals surface area contributed by atoms with E-state index in [1.807, 2.05) is 0 Å². The number of anilines is 1. The summed E-state index contributed by atoms with van der Waals surface area (Å²) in [6.07, 6.45) is 4.82. The molecule has 0 amide bonds. The zero-order valence-corrected chi connectivity index (χ0v) is 10.6. The van der Waals surface area contributed by atoms with Crippen LogP contribution in [0.15, 0.2) is 41.8 Å². The van der Waals surface area contributed by atoms with Crippen molar-refractivity contribution in [2.75, 3.05) is 5.43 Å². The van der Waals surface area contributed by atoms with Gasteiger partial charge in [0, 0.05) is 30.3 Å². The van der Waals surface area contributed by atoms with Gasteiger partial charge in [0.1, 0.15) is 5.03 Å². The highest BCUT2D eigenvalue weighted by molar-refractivity contribution is 7.98. The minimum atomic E-state index is -0.434. The van der Waals surface area contributed by atoms with E-state index in [0.29, 0.717) is 11.4 Å². The molecule has 8 heteroatoms. The molecule has 1 heterocycles. The van der Waals surface area contributed by atoms with Crippen molar-refractivity contribution in [3.8, 4) is 0 Å². The summed E-state index contributed by atoms with van der Waals surface area (Å²) in [5, 5.41) is 11.5. The summed E-state index contributed by atoms with van der Waals surface area (Å²) >= 11 is 1.43. The van der Waals surface area contributed by atoms with Gasteiger partial charge in [0.15, 0.2) is 0 Å². The molecule has 2 rings (SSSR count). The van der Waals surface area contributed by atoms with Crippen LogP contribution in [0.4, 0.5) is 11.4 Å². The first-order chi connectivity index (χ1) is 9.20. The Morgan fingerprint density at radius 3 is 2.89 bits per heavy atom. The van der Waals surface area contributed by atoms with Gasteiger partial charge in [-0.15, -0.1) is 11.8 Å². The number of aromatic nitrogens is 2. The predicted molar refractivity (Wildman–Crippen MR) is 72.5 cm³/mol. The van der Waals surface area contributed by atoms with E-state index in [-0.39, 0.29) is 5.69 Å². The maximum absolute atomic E-state index is 10.8. The van der Waals surface area contributed by atoms with Crippen LogP contribution in [0.2, 0.25) is 0 Å². The van der Waals surface area contributed by atoms with Gasteiger partial charge in [0.05, 0.1) is 16.8 Å². The van der Waals surface area contributed by atoms with Crippen LogP contribution in [0.5, 0.6) is 0 Å². The van der Waals surface area contributed by atoms with E-state index >= 15 is 0 Å². The highest BCUT2D eigenvalue weighted by Gasteiger charge is 2.10. The maximum atomic E-state index is 10.8. The quantitative estimate of drug-likeness (QED) is 0.372. The largest absolute Gasteiger partial charge is 0.324 e. The Morgan fingerprint density at radius 2 is 2.26 bits per heavy atom. The fourth-order valence-electron chi connectivity index (χ4n) is 1.47. The molecule has 19 heavy (non-hydrogen) atoms. The van der Waals surface area contributed by atoms with Crippen LogP contribution in [0.1, 0.15) is 5.56 Å². The van der Waals surface area contributed by atoms with Crippen LogP contribution in [-0.4, -0.2) is 14.9 Å². The smallest absolute Gasteiger partial charge is 0.269 e. The molecule has 7 nitrogen and oxygen atoms in total. The van der Waals surface area contributed by atoms with Crippen molar-refractivity contribution in [3.63, 3.8) is 0 Å². The lowest BCUT2D eigenvalue weighted by Crippen LogP contribution is -2.09. The molecule has 0 unspecified atom stereocenters. The molecule has 0 aliphatic rings. The van der Waals surface area contributed by atoms with Crippen molar-refractivity contribution in [1.82, 2.24) is 9.97 Å². The van der Waals surface area contributed by atoms with Crippen LogP contribution in [0.3, 0.4) is 0 Å². The highest BCUT2D eigenvalue weighted by Crippen LogP contribution is 2.27. The van der Waals surface area contributed by atoms with Gasteiger partial charge in [-0.25, -0.2) is 4.98 Å². The Morgan fingerprint density at radius 1 is 1.42 bits per heavy atom. The lowest BCUT2D eigenvalue weighted by atomic mass is 10.2. The van der Waals surface area contributed by atoms with Gasteiger partial charge in [-0.05, 0) is 11.6 Å². The summed E-state index contributed by atoms with van der Waals surface area (Å²) in [5.74, 6) is 5.90. The molecule has 0 fully saturated rings. The van der Waals surface area contributed by atoms with Gasteiger partial charge in [0.2, 0.25) is 0 Å². The summed E-state index contributed by atoms with van der Waals surface area (Å²) in [7, 11) is 0. The summed E-state index contributed by atoms with van der Waals surface area (Å²) in [5.41, 5.74) is 3.96. The van der Waals surface area contributed by atoms with Gasteiger partial charge in [-0.3, -0.25) is 20.9 Å². The monoisotopic (exact) mass is 277 g/mol. The van der Waals surface area contributed by atoms with Crippen molar-refractivity contribution in [3.05, 3.63) is 52.5 Å². The Balaban J connectivity index is 2.18. The van der Waals surface area contributed by atoms with E-state index < -0.39 is 4.92 Å². The molecule has 0 spiro atoms. The normalized spacial score (nSPS) is 10.2. The molecule has 0 saturated heterocycles. The number of nitrogens with zero attached hydrogens (tertiary/aromatic N) is 3. The second-order valence-corrected chi connectivity index (χ2v) is 4.57. The molecule has 1 aromatic heterocycles. The van der Waals surface area contributed by atoms with Crippen molar-refractivity contribution in [2.45, 2.75) is 10.8 Å². The average molecular weight is 277 g/mol. The molecule has 2 aromatic rings. The zero-order chi connectivity index (χ0) is 13.7. The van der Waals surface area contributed by atoms with E-state index in [4.69, 9.17) is 5.84 Å². The Hall–Kier alpha value is -2.19. The van der Waals surface area contributed by atoms with Gasteiger partial charge < -0.3 is 5.43 Å². The first kappa shape index (κ1) is 13.2. The van der Waals surface area contributed by atoms with Gasteiger partial charge in [-0.2, -0.15) is 0 Å². The van der Waals surface area contributed by atoms with Crippen molar-refractivity contribution in [1.29, 1.82) is 0 Å². The molecule has 0 aliphatic heterocycles. The Kier molecular flexibility index (Phi) is 4.26. The number of benzene rings is 1. The number of nitro groups is 1. The zero-order valence-electron chi connectivity index (χ0n) is 9.81.